The normalized spacial score (nSPS) is 8.92. The van der Waals surface area contributed by atoms with E-state index in [1.54, 1.807) is 0 Å². The maximum atomic E-state index is 5.61. The van der Waals surface area contributed by atoms with E-state index in [4.69, 9.17) is 11.6 Å². The quantitative estimate of drug-likeness (QED) is 0.411. The van der Waals surface area contributed by atoms with E-state index in [2.05, 4.69) is 4.90 Å². The molecule has 0 bridgehead atoms. The van der Waals surface area contributed by atoms with Gasteiger partial charge in [-0.3, -0.25) is 0 Å². The number of rotatable bonds is 2. The van der Waals surface area contributed by atoms with Crippen molar-refractivity contribution in [1.82, 2.24) is 0 Å². The number of alkyl halides is 1. The number of pyridine rings is 1. The van der Waals surface area contributed by atoms with Crippen molar-refractivity contribution < 1.29 is 17.0 Å². The summed E-state index contributed by atoms with van der Waals surface area (Å²) in [5, 5.41) is 0. The van der Waals surface area contributed by atoms with Crippen LogP contribution in [0.5, 0.6) is 0 Å². The Labute approximate surface area is 84.2 Å². The van der Waals surface area contributed by atoms with Gasteiger partial charge in [0.1, 0.15) is 0 Å². The van der Waals surface area contributed by atoms with Crippen molar-refractivity contribution in [1.29, 1.82) is 0 Å². The molecule has 4 heteroatoms. The number of anilines is 1. The number of aromatic nitrogens is 1. The first-order valence-corrected chi connectivity index (χ1v) is 4.00. The summed E-state index contributed by atoms with van der Waals surface area (Å²) in [7, 11) is 4.03. The lowest BCUT2D eigenvalue weighted by Gasteiger charge is -2.09. The fraction of sp³-hybridized carbons (Fsp3) is 0.375. The molecule has 0 spiro atoms. The lowest BCUT2D eigenvalue weighted by molar-refractivity contribution is -0.678. The Hall–Kier alpha value is -0.470. The van der Waals surface area contributed by atoms with Crippen LogP contribution in [0, 0.1) is 0 Å². The minimum atomic E-state index is 0. The van der Waals surface area contributed by atoms with Crippen LogP contribution in [0.1, 0.15) is 0 Å². The van der Waals surface area contributed by atoms with Crippen LogP contribution in [0.15, 0.2) is 24.5 Å². The molecule has 0 saturated heterocycles. The van der Waals surface area contributed by atoms with Crippen molar-refractivity contribution in [3.63, 3.8) is 0 Å². The van der Waals surface area contributed by atoms with Gasteiger partial charge < -0.3 is 17.3 Å². The van der Waals surface area contributed by atoms with Gasteiger partial charge in [-0.2, -0.15) is 4.57 Å². The maximum absolute atomic E-state index is 5.61. The number of halogens is 2. The summed E-state index contributed by atoms with van der Waals surface area (Å²) in [5.41, 5.74) is 1.19. The van der Waals surface area contributed by atoms with Gasteiger partial charge in [-0.1, -0.05) is 11.6 Å². The number of hydrogen-bond donors (Lipinski definition) is 0. The van der Waals surface area contributed by atoms with E-state index in [1.165, 1.54) is 5.69 Å². The number of hydrogen-bond acceptors (Lipinski definition) is 1. The molecule has 12 heavy (non-hydrogen) atoms. The summed E-state index contributed by atoms with van der Waals surface area (Å²) in [6, 6.07) is 4.57. The zero-order chi connectivity index (χ0) is 8.27. The zero-order valence-corrected chi connectivity index (χ0v) is 8.68. The van der Waals surface area contributed by atoms with E-state index in [-0.39, 0.29) is 12.4 Å². The highest BCUT2D eigenvalue weighted by Gasteiger charge is 1.98. The van der Waals surface area contributed by atoms with Gasteiger partial charge in [-0.15, -0.1) is 0 Å². The Bertz CT molecular complexity index is 221. The second-order valence-electron chi connectivity index (χ2n) is 2.58. The van der Waals surface area contributed by atoms with Gasteiger partial charge in [0.15, 0.2) is 12.4 Å². The van der Waals surface area contributed by atoms with Gasteiger partial charge in [0.05, 0.1) is 0 Å². The Morgan fingerprint density at radius 1 is 1.33 bits per heavy atom. The maximum Gasteiger partial charge on any atom is 0.222 e. The highest BCUT2D eigenvalue weighted by molar-refractivity contribution is 6.14. The Balaban J connectivity index is 0.00000121. The molecule has 0 aliphatic carbocycles. The average molecular weight is 207 g/mol. The van der Waals surface area contributed by atoms with Gasteiger partial charge in [-0.05, 0) is 0 Å². The molecule has 0 unspecified atom stereocenters. The Morgan fingerprint density at radius 2 is 1.83 bits per heavy atom. The molecular formula is C8H12Cl2N2. The average Bonchev–Trinajstić information content (AvgIpc) is 2.05. The summed E-state index contributed by atoms with van der Waals surface area (Å²) in [5.74, 6) is 0. The molecule has 2 nitrogen and oxygen atoms in total. The molecule has 0 radical (unpaired) electrons. The molecule has 0 amide bonds. The molecule has 0 saturated carbocycles. The van der Waals surface area contributed by atoms with E-state index in [0.29, 0.717) is 6.00 Å². The largest absolute Gasteiger partial charge is 1.00 e. The second kappa shape index (κ2) is 5.22. The fourth-order valence-electron chi connectivity index (χ4n) is 0.827. The van der Waals surface area contributed by atoms with E-state index in [1.807, 2.05) is 43.2 Å². The van der Waals surface area contributed by atoms with Crippen molar-refractivity contribution in [2.75, 3.05) is 19.0 Å². The van der Waals surface area contributed by atoms with Gasteiger partial charge in [-0.25, -0.2) is 0 Å². The van der Waals surface area contributed by atoms with Crippen LogP contribution >= 0.6 is 11.6 Å². The molecule has 0 aliphatic heterocycles. The monoisotopic (exact) mass is 206 g/mol. The highest BCUT2D eigenvalue weighted by atomic mass is 35.5. The molecular weight excluding hydrogens is 195 g/mol. The molecule has 1 aromatic rings. The summed E-state index contributed by atoms with van der Waals surface area (Å²) in [6.45, 7) is 0. The fourth-order valence-corrected chi connectivity index (χ4v) is 0.987. The SMILES string of the molecule is CN(C)c1cc[n+](CCl)cc1.[Cl-]. The first kappa shape index (κ1) is 11.5. The van der Waals surface area contributed by atoms with Gasteiger partial charge >= 0.3 is 0 Å². The van der Waals surface area contributed by atoms with Crippen LogP contribution in [0.3, 0.4) is 0 Å². The molecule has 0 aliphatic rings. The van der Waals surface area contributed by atoms with Crippen molar-refractivity contribution >= 4 is 17.3 Å². The Kier molecular flexibility index (Phi) is 5.02. The van der Waals surface area contributed by atoms with Crippen LogP contribution < -0.4 is 21.9 Å². The van der Waals surface area contributed by atoms with Crippen molar-refractivity contribution in [3.05, 3.63) is 24.5 Å². The molecule has 0 atom stereocenters. The van der Waals surface area contributed by atoms with E-state index < -0.39 is 0 Å². The van der Waals surface area contributed by atoms with Crippen molar-refractivity contribution in [3.8, 4) is 0 Å². The second-order valence-corrected chi connectivity index (χ2v) is 2.82. The molecule has 1 aromatic heterocycles. The number of nitrogens with zero attached hydrogens (tertiary/aromatic N) is 2. The lowest BCUT2D eigenvalue weighted by atomic mass is 10.4. The summed E-state index contributed by atoms with van der Waals surface area (Å²) in [4.78, 5) is 2.05. The molecule has 1 rings (SSSR count). The molecule has 68 valence electrons. The van der Waals surface area contributed by atoms with E-state index in [0.717, 1.165) is 0 Å². The molecule has 0 fully saturated rings. The molecule has 0 N–H and O–H groups in total. The van der Waals surface area contributed by atoms with Crippen molar-refractivity contribution in [2.24, 2.45) is 0 Å². The third kappa shape index (κ3) is 2.88. The van der Waals surface area contributed by atoms with Gasteiger partial charge in [0.25, 0.3) is 0 Å². The standard InChI is InChI=1S/C8H12ClN2.ClH/c1-10(2)8-3-5-11(7-9)6-4-8;/h3-6H,7H2,1-2H3;1H/q+1;/p-1. The minimum absolute atomic E-state index is 0. The van der Waals surface area contributed by atoms with Crippen LogP contribution in [0.4, 0.5) is 5.69 Å². The summed E-state index contributed by atoms with van der Waals surface area (Å²) in [6.07, 6.45) is 3.92. The lowest BCUT2D eigenvalue weighted by Crippen LogP contribution is -3.00. The predicted molar refractivity (Wildman–Crippen MR) is 46.8 cm³/mol. The van der Waals surface area contributed by atoms with Crippen LogP contribution in [0.2, 0.25) is 0 Å². The van der Waals surface area contributed by atoms with Crippen LogP contribution in [-0.2, 0) is 6.00 Å². The smallest absolute Gasteiger partial charge is 0.222 e. The topological polar surface area (TPSA) is 7.12 Å². The molecule has 0 aromatic carbocycles. The Morgan fingerprint density at radius 3 is 2.17 bits per heavy atom. The van der Waals surface area contributed by atoms with Crippen LogP contribution in [-0.4, -0.2) is 14.1 Å². The first-order valence-electron chi connectivity index (χ1n) is 3.46. The third-order valence-electron chi connectivity index (χ3n) is 1.53. The first-order chi connectivity index (χ1) is 5.24. The molecule has 1 heterocycles. The van der Waals surface area contributed by atoms with Crippen molar-refractivity contribution in [2.45, 2.75) is 6.00 Å². The van der Waals surface area contributed by atoms with Crippen LogP contribution in [0.25, 0.3) is 0 Å². The summed E-state index contributed by atoms with van der Waals surface area (Å²) < 4.78 is 1.91. The van der Waals surface area contributed by atoms with Gasteiger partial charge in [0, 0.05) is 31.9 Å². The predicted octanol–water partition coefficient (Wildman–Crippen LogP) is -1.76. The van der Waals surface area contributed by atoms with E-state index >= 15 is 0 Å². The minimum Gasteiger partial charge on any atom is -1.00 e. The summed E-state index contributed by atoms with van der Waals surface area (Å²) >= 11 is 5.61. The third-order valence-corrected chi connectivity index (χ3v) is 1.80. The van der Waals surface area contributed by atoms with Gasteiger partial charge in [0.2, 0.25) is 6.00 Å². The van der Waals surface area contributed by atoms with E-state index in [9.17, 15) is 0 Å². The zero-order valence-electron chi connectivity index (χ0n) is 7.17. The highest BCUT2D eigenvalue weighted by Crippen LogP contribution is 2.05.